The van der Waals surface area contributed by atoms with Crippen LogP contribution in [0.4, 0.5) is 5.13 Å². The molecule has 19 heavy (non-hydrogen) atoms. The van der Waals surface area contributed by atoms with E-state index in [9.17, 15) is 4.79 Å². The van der Waals surface area contributed by atoms with Crippen LogP contribution in [0.25, 0.3) is 4.96 Å². The van der Waals surface area contributed by atoms with E-state index < -0.39 is 0 Å². The zero-order valence-electron chi connectivity index (χ0n) is 10.7. The molecule has 3 rings (SSSR count). The fourth-order valence-corrected chi connectivity index (χ4v) is 3.33. The molecule has 0 spiro atoms. The van der Waals surface area contributed by atoms with Crippen LogP contribution in [-0.4, -0.2) is 20.3 Å². The van der Waals surface area contributed by atoms with Crippen LogP contribution in [0.2, 0.25) is 0 Å². The molecule has 5 nitrogen and oxygen atoms in total. The summed E-state index contributed by atoms with van der Waals surface area (Å²) in [6.07, 6.45) is 3.70. The number of thiazole rings is 2. The molecule has 0 aliphatic carbocycles. The van der Waals surface area contributed by atoms with Crippen molar-refractivity contribution in [2.75, 3.05) is 5.32 Å². The first-order chi connectivity index (χ1) is 9.02. The van der Waals surface area contributed by atoms with E-state index in [1.54, 1.807) is 17.5 Å². The quantitative estimate of drug-likeness (QED) is 0.790. The number of amides is 1. The molecule has 0 radical (unpaired) electrons. The van der Waals surface area contributed by atoms with Crippen molar-refractivity contribution >= 4 is 38.7 Å². The molecule has 0 unspecified atom stereocenters. The molecule has 0 saturated carbocycles. The van der Waals surface area contributed by atoms with Crippen molar-refractivity contribution in [3.8, 4) is 0 Å². The minimum Gasteiger partial charge on any atom is -0.297 e. The number of imidazole rings is 1. The van der Waals surface area contributed by atoms with E-state index in [0.29, 0.717) is 10.8 Å². The van der Waals surface area contributed by atoms with Gasteiger partial charge < -0.3 is 0 Å². The van der Waals surface area contributed by atoms with Crippen LogP contribution in [0.15, 0.2) is 12.4 Å². The standard InChI is InChI=1S/C12H12N4OS2/c1-6-4-16-5-9(14-12(16)18-6)10(17)15-11-13-7(2)8(3)19-11/h4-5H,1-3H3,(H,13,15,17). The molecule has 0 aliphatic heterocycles. The first-order valence-corrected chi connectivity index (χ1v) is 7.37. The van der Waals surface area contributed by atoms with Gasteiger partial charge >= 0.3 is 0 Å². The fourth-order valence-electron chi connectivity index (χ4n) is 1.71. The Bertz CT molecular complexity index is 717. The van der Waals surface area contributed by atoms with Crippen LogP contribution in [-0.2, 0) is 0 Å². The van der Waals surface area contributed by atoms with Gasteiger partial charge in [-0.1, -0.05) is 0 Å². The monoisotopic (exact) mass is 292 g/mol. The van der Waals surface area contributed by atoms with Crippen LogP contribution in [0.1, 0.15) is 25.9 Å². The number of fused-ring (bicyclic) bond motifs is 1. The summed E-state index contributed by atoms with van der Waals surface area (Å²) in [6, 6.07) is 0. The zero-order valence-corrected chi connectivity index (χ0v) is 12.4. The zero-order chi connectivity index (χ0) is 13.6. The third-order valence-corrected chi connectivity index (χ3v) is 4.65. The second kappa shape index (κ2) is 4.43. The first-order valence-electron chi connectivity index (χ1n) is 5.73. The summed E-state index contributed by atoms with van der Waals surface area (Å²) in [5, 5.41) is 3.40. The average molecular weight is 292 g/mol. The summed E-state index contributed by atoms with van der Waals surface area (Å²) in [6.45, 7) is 5.93. The van der Waals surface area contributed by atoms with Crippen molar-refractivity contribution in [3.05, 3.63) is 33.5 Å². The number of aromatic nitrogens is 3. The fraction of sp³-hybridized carbons (Fsp3) is 0.250. The van der Waals surface area contributed by atoms with E-state index in [1.807, 2.05) is 31.4 Å². The third-order valence-electron chi connectivity index (χ3n) is 2.75. The molecule has 1 amide bonds. The second-order valence-corrected chi connectivity index (χ2v) is 6.69. The number of aryl methyl sites for hydroxylation is 3. The molecular formula is C12H12N4OS2. The Kier molecular flexibility index (Phi) is 2.87. The van der Waals surface area contributed by atoms with Gasteiger partial charge in [-0.05, 0) is 20.8 Å². The molecule has 98 valence electrons. The van der Waals surface area contributed by atoms with Crippen LogP contribution >= 0.6 is 22.7 Å². The van der Waals surface area contributed by atoms with E-state index in [1.165, 1.54) is 16.2 Å². The molecule has 0 bridgehead atoms. The normalized spacial score (nSPS) is 11.1. The topological polar surface area (TPSA) is 59.3 Å². The van der Waals surface area contributed by atoms with E-state index in [4.69, 9.17) is 0 Å². The molecule has 0 aromatic carbocycles. The number of nitrogens with one attached hydrogen (secondary N) is 1. The average Bonchev–Trinajstić information content (AvgIpc) is 2.93. The first kappa shape index (κ1) is 12.3. The second-order valence-electron chi connectivity index (χ2n) is 4.27. The lowest BCUT2D eigenvalue weighted by Gasteiger charge is -1.96. The lowest BCUT2D eigenvalue weighted by atomic mass is 10.4. The summed E-state index contributed by atoms with van der Waals surface area (Å²) < 4.78 is 1.87. The highest BCUT2D eigenvalue weighted by Gasteiger charge is 2.14. The van der Waals surface area contributed by atoms with Crippen LogP contribution in [0, 0.1) is 20.8 Å². The molecule has 0 saturated heterocycles. The number of rotatable bonds is 2. The molecule has 3 aromatic heterocycles. The van der Waals surface area contributed by atoms with Crippen molar-refractivity contribution in [1.82, 2.24) is 14.4 Å². The number of hydrogen-bond acceptors (Lipinski definition) is 5. The summed E-state index contributed by atoms with van der Waals surface area (Å²) in [4.78, 5) is 23.8. The summed E-state index contributed by atoms with van der Waals surface area (Å²) in [7, 11) is 0. The molecule has 3 heterocycles. The maximum Gasteiger partial charge on any atom is 0.277 e. The van der Waals surface area contributed by atoms with Gasteiger partial charge in [0, 0.05) is 22.1 Å². The minimum atomic E-state index is -0.220. The van der Waals surface area contributed by atoms with Gasteiger partial charge in [0.25, 0.3) is 5.91 Å². The molecule has 0 aliphatic rings. The highest BCUT2D eigenvalue weighted by Crippen LogP contribution is 2.22. The van der Waals surface area contributed by atoms with Crippen LogP contribution in [0.5, 0.6) is 0 Å². The highest BCUT2D eigenvalue weighted by molar-refractivity contribution is 7.17. The molecule has 1 N–H and O–H groups in total. The maximum atomic E-state index is 12.1. The SMILES string of the molecule is Cc1cn2cc(C(=O)Nc3nc(C)c(C)s3)nc2s1. The number of anilines is 1. The van der Waals surface area contributed by atoms with Crippen molar-refractivity contribution in [1.29, 1.82) is 0 Å². The van der Waals surface area contributed by atoms with E-state index >= 15 is 0 Å². The number of hydrogen-bond donors (Lipinski definition) is 1. The van der Waals surface area contributed by atoms with E-state index in [0.717, 1.165) is 15.5 Å². The van der Waals surface area contributed by atoms with Crippen LogP contribution in [0.3, 0.4) is 0 Å². The van der Waals surface area contributed by atoms with Gasteiger partial charge in [-0.15, -0.1) is 22.7 Å². The summed E-state index contributed by atoms with van der Waals surface area (Å²) in [5.41, 5.74) is 1.36. The number of carbonyl (C=O) groups excluding carboxylic acids is 1. The van der Waals surface area contributed by atoms with Gasteiger partial charge in [0.1, 0.15) is 5.69 Å². The lowest BCUT2D eigenvalue weighted by molar-refractivity contribution is 0.102. The Balaban J connectivity index is 1.84. The molecule has 0 fully saturated rings. The van der Waals surface area contributed by atoms with E-state index in [2.05, 4.69) is 15.3 Å². The van der Waals surface area contributed by atoms with Gasteiger partial charge in [-0.2, -0.15) is 0 Å². The Morgan fingerprint density at radius 2 is 2.00 bits per heavy atom. The lowest BCUT2D eigenvalue weighted by Crippen LogP contribution is -2.12. The Morgan fingerprint density at radius 1 is 1.21 bits per heavy atom. The smallest absolute Gasteiger partial charge is 0.277 e. The minimum absolute atomic E-state index is 0.220. The van der Waals surface area contributed by atoms with Crippen LogP contribution < -0.4 is 5.32 Å². The summed E-state index contributed by atoms with van der Waals surface area (Å²) >= 11 is 3.04. The van der Waals surface area contributed by atoms with Gasteiger partial charge in [0.15, 0.2) is 10.1 Å². The predicted octanol–water partition coefficient (Wildman–Crippen LogP) is 3.03. The highest BCUT2D eigenvalue weighted by atomic mass is 32.1. The third kappa shape index (κ3) is 2.26. The van der Waals surface area contributed by atoms with Crippen molar-refractivity contribution in [3.63, 3.8) is 0 Å². The Hall–Kier alpha value is -1.73. The van der Waals surface area contributed by atoms with Gasteiger partial charge in [-0.3, -0.25) is 14.5 Å². The van der Waals surface area contributed by atoms with Gasteiger partial charge in [0.05, 0.1) is 5.69 Å². The van der Waals surface area contributed by atoms with Crippen molar-refractivity contribution in [2.24, 2.45) is 0 Å². The van der Waals surface area contributed by atoms with E-state index in [-0.39, 0.29) is 5.91 Å². The molecule has 7 heteroatoms. The van der Waals surface area contributed by atoms with Gasteiger partial charge in [0.2, 0.25) is 0 Å². The molecule has 3 aromatic rings. The number of carbonyl (C=O) groups is 1. The Labute approximate surface area is 117 Å². The maximum absolute atomic E-state index is 12.1. The number of nitrogens with zero attached hydrogens (tertiary/aromatic N) is 3. The summed E-state index contributed by atoms with van der Waals surface area (Å²) in [5.74, 6) is -0.220. The van der Waals surface area contributed by atoms with Gasteiger partial charge in [-0.25, -0.2) is 9.97 Å². The largest absolute Gasteiger partial charge is 0.297 e. The van der Waals surface area contributed by atoms with Crippen molar-refractivity contribution < 1.29 is 4.79 Å². The van der Waals surface area contributed by atoms with Crippen molar-refractivity contribution in [2.45, 2.75) is 20.8 Å². The Morgan fingerprint density at radius 3 is 2.63 bits per heavy atom. The predicted molar refractivity (Wildman–Crippen MR) is 77.3 cm³/mol. The molecular weight excluding hydrogens is 280 g/mol. The molecule has 0 atom stereocenters.